The lowest BCUT2D eigenvalue weighted by Gasteiger charge is -1.97. The average Bonchev–Trinajstić information content (AvgIpc) is 2.76. The van der Waals surface area contributed by atoms with Crippen LogP contribution < -0.4 is 0 Å². The Kier molecular flexibility index (Phi) is 3.53. The highest BCUT2D eigenvalue weighted by molar-refractivity contribution is 8.00. The number of carbonyl (C=O) groups excluding carboxylic acids is 1. The summed E-state index contributed by atoms with van der Waals surface area (Å²) in [6.07, 6.45) is 0.781. The molecule has 0 aliphatic heterocycles. The van der Waals surface area contributed by atoms with E-state index in [1.165, 1.54) is 17.1 Å². The highest BCUT2D eigenvalue weighted by Gasteiger charge is 2.01. The van der Waals surface area contributed by atoms with Gasteiger partial charge in [0.2, 0.25) is 0 Å². The maximum absolute atomic E-state index is 10.4. The number of aromatic nitrogens is 1. The van der Waals surface area contributed by atoms with Crippen LogP contribution in [0.2, 0.25) is 0 Å². The van der Waals surface area contributed by atoms with Gasteiger partial charge >= 0.3 is 0 Å². The summed E-state index contributed by atoms with van der Waals surface area (Å²) in [4.78, 5) is 10.4. The van der Waals surface area contributed by atoms with E-state index in [0.717, 1.165) is 16.2 Å². The number of hydrogen-bond donors (Lipinski definition) is 0. The van der Waals surface area contributed by atoms with Gasteiger partial charge in [0.1, 0.15) is 5.69 Å². The van der Waals surface area contributed by atoms with Crippen LogP contribution in [0.15, 0.2) is 40.6 Å². The van der Waals surface area contributed by atoms with Crippen LogP contribution in [0.5, 0.6) is 0 Å². The Morgan fingerprint density at radius 1 is 1.33 bits per heavy atom. The first-order valence-corrected chi connectivity index (χ1v) is 6.23. The zero-order valence-electron chi connectivity index (χ0n) is 7.92. The molecule has 0 amide bonds. The summed E-state index contributed by atoms with van der Waals surface area (Å²) in [5, 5.41) is 0. The number of aldehydes is 1. The van der Waals surface area contributed by atoms with Gasteiger partial charge in [0, 0.05) is 5.75 Å². The van der Waals surface area contributed by atoms with Crippen molar-refractivity contribution in [2.45, 2.75) is 9.96 Å². The minimum Gasteiger partial charge on any atom is -0.296 e. The molecule has 0 N–H and O–H groups in total. The molecule has 1 aromatic heterocycles. The Labute approximate surface area is 96.5 Å². The van der Waals surface area contributed by atoms with Gasteiger partial charge in [-0.15, -0.1) is 11.8 Å². The van der Waals surface area contributed by atoms with Gasteiger partial charge in [0.25, 0.3) is 0 Å². The van der Waals surface area contributed by atoms with E-state index in [9.17, 15) is 4.79 Å². The Balaban J connectivity index is 1.96. The second-order valence-corrected chi connectivity index (χ2v) is 5.04. The monoisotopic (exact) mass is 235 g/mol. The molecule has 2 aromatic rings. The molecule has 0 spiro atoms. The van der Waals surface area contributed by atoms with Crippen LogP contribution >= 0.6 is 23.3 Å². The Morgan fingerprint density at radius 3 is 2.80 bits per heavy atom. The molecule has 0 fully saturated rings. The van der Waals surface area contributed by atoms with Crippen molar-refractivity contribution >= 4 is 29.6 Å². The van der Waals surface area contributed by atoms with Crippen molar-refractivity contribution in [3.05, 3.63) is 47.7 Å². The quantitative estimate of drug-likeness (QED) is 0.602. The van der Waals surface area contributed by atoms with Crippen molar-refractivity contribution in [1.29, 1.82) is 0 Å². The normalized spacial score (nSPS) is 10.1. The first-order valence-electron chi connectivity index (χ1n) is 4.47. The zero-order valence-corrected chi connectivity index (χ0v) is 9.55. The summed E-state index contributed by atoms with van der Waals surface area (Å²) in [5.74, 6) is 0.918. The molecular formula is C11H9NOS2. The predicted molar refractivity (Wildman–Crippen MR) is 63.5 cm³/mol. The summed E-state index contributed by atoms with van der Waals surface area (Å²) in [6.45, 7) is 0. The molecule has 0 atom stereocenters. The molecule has 0 radical (unpaired) electrons. The van der Waals surface area contributed by atoms with Gasteiger partial charge in [0.15, 0.2) is 6.29 Å². The molecule has 0 aliphatic rings. The van der Waals surface area contributed by atoms with E-state index in [-0.39, 0.29) is 0 Å². The summed E-state index contributed by atoms with van der Waals surface area (Å²) >= 11 is 3.08. The van der Waals surface area contributed by atoms with Crippen LogP contribution in [0.25, 0.3) is 0 Å². The van der Waals surface area contributed by atoms with E-state index < -0.39 is 0 Å². The number of hydrogen-bond acceptors (Lipinski definition) is 4. The summed E-state index contributed by atoms with van der Waals surface area (Å²) in [5.41, 5.74) is 1.80. The third-order valence-electron chi connectivity index (χ3n) is 1.85. The van der Waals surface area contributed by atoms with Crippen LogP contribution in [0, 0.1) is 0 Å². The lowest BCUT2D eigenvalue weighted by Crippen LogP contribution is -1.77. The molecule has 76 valence electrons. The second kappa shape index (κ2) is 5.09. The van der Waals surface area contributed by atoms with Crippen molar-refractivity contribution in [3.8, 4) is 0 Å². The van der Waals surface area contributed by atoms with Crippen LogP contribution in [-0.4, -0.2) is 10.7 Å². The van der Waals surface area contributed by atoms with Crippen LogP contribution in [0.4, 0.5) is 0 Å². The molecule has 1 aromatic carbocycles. The number of benzene rings is 1. The third-order valence-corrected chi connectivity index (χ3v) is 3.91. The average molecular weight is 235 g/mol. The van der Waals surface area contributed by atoms with E-state index >= 15 is 0 Å². The minimum absolute atomic E-state index is 0.524. The molecule has 0 unspecified atom stereocenters. The SMILES string of the molecule is O=Cc1cc(SCc2ccccc2)sn1. The van der Waals surface area contributed by atoms with Gasteiger partial charge in [-0.05, 0) is 23.2 Å². The van der Waals surface area contributed by atoms with Gasteiger partial charge in [-0.1, -0.05) is 30.3 Å². The summed E-state index contributed by atoms with van der Waals surface area (Å²) < 4.78 is 5.08. The van der Waals surface area contributed by atoms with E-state index in [1.54, 1.807) is 11.8 Å². The molecule has 2 rings (SSSR count). The minimum atomic E-state index is 0.524. The second-order valence-electron chi connectivity index (χ2n) is 2.96. The highest BCUT2D eigenvalue weighted by Crippen LogP contribution is 2.26. The van der Waals surface area contributed by atoms with Crippen LogP contribution in [0.1, 0.15) is 16.1 Å². The Morgan fingerprint density at radius 2 is 2.13 bits per heavy atom. The van der Waals surface area contributed by atoms with Crippen molar-refractivity contribution in [2.24, 2.45) is 0 Å². The van der Waals surface area contributed by atoms with Crippen molar-refractivity contribution < 1.29 is 4.79 Å². The van der Waals surface area contributed by atoms with Crippen molar-refractivity contribution in [3.63, 3.8) is 0 Å². The molecule has 0 saturated heterocycles. The summed E-state index contributed by atoms with van der Waals surface area (Å²) in [7, 11) is 0. The van der Waals surface area contributed by atoms with Gasteiger partial charge in [0.05, 0.1) is 4.21 Å². The fourth-order valence-corrected chi connectivity index (χ4v) is 2.79. The maximum atomic E-state index is 10.4. The van der Waals surface area contributed by atoms with E-state index in [4.69, 9.17) is 0 Å². The number of nitrogens with zero attached hydrogens (tertiary/aromatic N) is 1. The molecule has 0 bridgehead atoms. The molecule has 2 nitrogen and oxygen atoms in total. The largest absolute Gasteiger partial charge is 0.296 e. The first-order chi connectivity index (χ1) is 7.38. The lowest BCUT2D eigenvalue weighted by atomic mass is 10.2. The maximum Gasteiger partial charge on any atom is 0.169 e. The Bertz CT molecular complexity index is 439. The fraction of sp³-hybridized carbons (Fsp3) is 0.0909. The fourth-order valence-electron chi connectivity index (χ4n) is 1.12. The number of thioether (sulfide) groups is 1. The van der Waals surface area contributed by atoms with Gasteiger partial charge in [-0.25, -0.2) is 0 Å². The molecule has 15 heavy (non-hydrogen) atoms. The highest BCUT2D eigenvalue weighted by atomic mass is 32.2. The molecule has 1 heterocycles. The van der Waals surface area contributed by atoms with Crippen LogP contribution in [0.3, 0.4) is 0 Å². The standard InChI is InChI=1S/C11H9NOS2/c13-7-10-6-11(15-12-10)14-8-9-4-2-1-3-5-9/h1-7H,8H2. The van der Waals surface area contributed by atoms with Gasteiger partial charge in [-0.2, -0.15) is 4.37 Å². The smallest absolute Gasteiger partial charge is 0.169 e. The predicted octanol–water partition coefficient (Wildman–Crippen LogP) is 3.25. The van der Waals surface area contributed by atoms with Gasteiger partial charge in [-0.3, -0.25) is 4.79 Å². The van der Waals surface area contributed by atoms with E-state index in [0.29, 0.717) is 5.69 Å². The number of carbonyl (C=O) groups is 1. The van der Waals surface area contributed by atoms with E-state index in [2.05, 4.69) is 16.5 Å². The van der Waals surface area contributed by atoms with Crippen molar-refractivity contribution in [1.82, 2.24) is 4.37 Å². The van der Waals surface area contributed by atoms with Crippen molar-refractivity contribution in [2.75, 3.05) is 0 Å². The zero-order chi connectivity index (χ0) is 10.5. The molecule has 0 aliphatic carbocycles. The number of rotatable bonds is 4. The topological polar surface area (TPSA) is 30.0 Å². The van der Waals surface area contributed by atoms with Crippen LogP contribution in [-0.2, 0) is 5.75 Å². The first kappa shape index (κ1) is 10.4. The Hall–Kier alpha value is -1.13. The third kappa shape index (κ3) is 2.91. The molecule has 0 saturated carbocycles. The molecule has 4 heteroatoms. The lowest BCUT2D eigenvalue weighted by molar-refractivity contribution is 0.112. The van der Waals surface area contributed by atoms with E-state index in [1.807, 2.05) is 24.3 Å². The molecular weight excluding hydrogens is 226 g/mol. The summed E-state index contributed by atoms with van der Waals surface area (Å²) in [6, 6.07) is 12.1. The van der Waals surface area contributed by atoms with Gasteiger partial charge < -0.3 is 0 Å².